The van der Waals surface area contributed by atoms with Crippen LogP contribution in [0.15, 0.2) is 36.4 Å². The number of thiophene rings is 1. The van der Waals surface area contributed by atoms with E-state index in [2.05, 4.69) is 0 Å². The predicted molar refractivity (Wildman–Crippen MR) is 64.1 cm³/mol. The Bertz CT molecular complexity index is 576. The molecule has 0 bridgehead atoms. The third kappa shape index (κ3) is 2.71. The SMILES string of the molecule is N#CCc1ccc(-c2ccc(C(F)(F)F)cc2)s1. The largest absolute Gasteiger partial charge is 0.416 e. The minimum Gasteiger partial charge on any atom is -0.198 e. The lowest BCUT2D eigenvalue weighted by Crippen LogP contribution is -2.03. The number of nitrogens with zero attached hydrogens (tertiary/aromatic N) is 1. The summed E-state index contributed by atoms with van der Waals surface area (Å²) in [5.74, 6) is 0. The number of nitriles is 1. The van der Waals surface area contributed by atoms with Crippen LogP contribution in [-0.4, -0.2) is 0 Å². The first-order valence-electron chi connectivity index (χ1n) is 5.14. The van der Waals surface area contributed by atoms with Crippen molar-refractivity contribution in [2.24, 2.45) is 0 Å². The number of hydrogen-bond donors (Lipinski definition) is 0. The molecule has 0 saturated carbocycles. The fraction of sp³-hybridized carbons (Fsp3) is 0.154. The minimum atomic E-state index is -4.31. The smallest absolute Gasteiger partial charge is 0.198 e. The highest BCUT2D eigenvalue weighted by molar-refractivity contribution is 7.15. The molecule has 1 aromatic carbocycles. The van der Waals surface area contributed by atoms with Crippen molar-refractivity contribution in [2.75, 3.05) is 0 Å². The van der Waals surface area contributed by atoms with Crippen molar-refractivity contribution in [3.63, 3.8) is 0 Å². The summed E-state index contributed by atoms with van der Waals surface area (Å²) in [4.78, 5) is 1.78. The molecule has 0 spiro atoms. The molecule has 1 aromatic heterocycles. The first-order valence-corrected chi connectivity index (χ1v) is 5.95. The van der Waals surface area contributed by atoms with Crippen LogP contribution < -0.4 is 0 Å². The zero-order chi connectivity index (χ0) is 13.2. The van der Waals surface area contributed by atoms with Gasteiger partial charge in [-0.1, -0.05) is 12.1 Å². The van der Waals surface area contributed by atoms with Crippen LogP contribution >= 0.6 is 11.3 Å². The minimum absolute atomic E-state index is 0.325. The summed E-state index contributed by atoms with van der Waals surface area (Å²) in [6.07, 6.45) is -3.98. The highest BCUT2D eigenvalue weighted by atomic mass is 32.1. The third-order valence-corrected chi connectivity index (χ3v) is 3.55. The van der Waals surface area contributed by atoms with Crippen LogP contribution in [0.5, 0.6) is 0 Å². The van der Waals surface area contributed by atoms with Gasteiger partial charge in [-0.15, -0.1) is 11.3 Å². The molecule has 0 aliphatic heterocycles. The van der Waals surface area contributed by atoms with Crippen LogP contribution in [0.25, 0.3) is 10.4 Å². The van der Waals surface area contributed by atoms with E-state index in [4.69, 9.17) is 5.26 Å². The summed E-state index contributed by atoms with van der Waals surface area (Å²) in [6.45, 7) is 0. The normalized spacial score (nSPS) is 11.2. The van der Waals surface area contributed by atoms with E-state index >= 15 is 0 Å². The van der Waals surface area contributed by atoms with Gasteiger partial charge >= 0.3 is 6.18 Å². The fourth-order valence-corrected chi connectivity index (χ4v) is 2.47. The lowest BCUT2D eigenvalue weighted by atomic mass is 10.1. The Morgan fingerprint density at radius 3 is 2.28 bits per heavy atom. The molecule has 0 aliphatic rings. The molecule has 0 fully saturated rings. The van der Waals surface area contributed by atoms with Crippen LogP contribution in [0.1, 0.15) is 10.4 Å². The van der Waals surface area contributed by atoms with Crippen molar-refractivity contribution in [1.29, 1.82) is 5.26 Å². The molecule has 0 amide bonds. The van der Waals surface area contributed by atoms with Gasteiger partial charge in [-0.3, -0.25) is 0 Å². The quantitative estimate of drug-likeness (QED) is 0.785. The van der Waals surface area contributed by atoms with Gasteiger partial charge in [-0.25, -0.2) is 0 Å². The van der Waals surface area contributed by atoms with E-state index in [1.807, 2.05) is 18.2 Å². The first kappa shape index (κ1) is 12.7. The van der Waals surface area contributed by atoms with Crippen LogP contribution in [-0.2, 0) is 12.6 Å². The summed E-state index contributed by atoms with van der Waals surface area (Å²) in [5.41, 5.74) is 0.0808. The van der Waals surface area contributed by atoms with Gasteiger partial charge in [0, 0.05) is 9.75 Å². The molecule has 92 valence electrons. The molecule has 0 N–H and O–H groups in total. The maximum Gasteiger partial charge on any atom is 0.416 e. The van der Waals surface area contributed by atoms with Crippen molar-refractivity contribution in [3.8, 4) is 16.5 Å². The molecule has 1 heterocycles. The third-order valence-electron chi connectivity index (χ3n) is 2.41. The van der Waals surface area contributed by atoms with Gasteiger partial charge in [-0.05, 0) is 29.8 Å². The Labute approximate surface area is 106 Å². The molecule has 2 rings (SSSR count). The van der Waals surface area contributed by atoms with Crippen molar-refractivity contribution in [2.45, 2.75) is 12.6 Å². The average molecular weight is 267 g/mol. The fourth-order valence-electron chi connectivity index (χ4n) is 1.53. The van der Waals surface area contributed by atoms with Gasteiger partial charge in [-0.2, -0.15) is 18.4 Å². The van der Waals surface area contributed by atoms with Crippen LogP contribution in [0.2, 0.25) is 0 Å². The lowest BCUT2D eigenvalue weighted by Gasteiger charge is -2.06. The summed E-state index contributed by atoms with van der Waals surface area (Å²) < 4.78 is 37.2. The summed E-state index contributed by atoms with van der Waals surface area (Å²) >= 11 is 1.42. The molecule has 0 unspecified atom stereocenters. The summed E-state index contributed by atoms with van der Waals surface area (Å²) in [6, 6.07) is 10.7. The Balaban J connectivity index is 2.26. The Morgan fingerprint density at radius 2 is 1.72 bits per heavy atom. The van der Waals surface area contributed by atoms with Crippen LogP contribution in [0.4, 0.5) is 13.2 Å². The highest BCUT2D eigenvalue weighted by Crippen LogP contribution is 2.33. The zero-order valence-electron chi connectivity index (χ0n) is 9.16. The molecule has 0 radical (unpaired) electrons. The van der Waals surface area contributed by atoms with E-state index in [0.717, 1.165) is 27.5 Å². The average Bonchev–Trinajstić information content (AvgIpc) is 2.77. The number of alkyl halides is 3. The van der Waals surface area contributed by atoms with Crippen LogP contribution in [0, 0.1) is 11.3 Å². The molecule has 0 aliphatic carbocycles. The standard InChI is InChI=1S/C13H8F3NS/c14-13(15,16)10-3-1-9(2-4-10)12-6-5-11(18-12)7-8-17/h1-6H,7H2. The molecule has 5 heteroatoms. The topological polar surface area (TPSA) is 23.8 Å². The number of rotatable bonds is 2. The van der Waals surface area contributed by atoms with Gasteiger partial charge in [0.05, 0.1) is 18.1 Å². The van der Waals surface area contributed by atoms with E-state index in [-0.39, 0.29) is 0 Å². The highest BCUT2D eigenvalue weighted by Gasteiger charge is 2.29. The zero-order valence-corrected chi connectivity index (χ0v) is 9.98. The van der Waals surface area contributed by atoms with Crippen LogP contribution in [0.3, 0.4) is 0 Å². The maximum atomic E-state index is 12.4. The molecular weight excluding hydrogens is 259 g/mol. The molecule has 0 saturated heterocycles. The molecule has 1 nitrogen and oxygen atoms in total. The van der Waals surface area contributed by atoms with Gasteiger partial charge in [0.2, 0.25) is 0 Å². The molecular formula is C13H8F3NS. The van der Waals surface area contributed by atoms with Gasteiger partial charge < -0.3 is 0 Å². The molecule has 0 atom stereocenters. The van der Waals surface area contributed by atoms with Crippen molar-refractivity contribution >= 4 is 11.3 Å². The van der Waals surface area contributed by atoms with Gasteiger partial charge in [0.25, 0.3) is 0 Å². The number of benzene rings is 1. The van der Waals surface area contributed by atoms with Gasteiger partial charge in [0.15, 0.2) is 0 Å². The molecule has 2 aromatic rings. The second-order valence-electron chi connectivity index (χ2n) is 3.68. The van der Waals surface area contributed by atoms with E-state index in [1.165, 1.54) is 23.5 Å². The van der Waals surface area contributed by atoms with Gasteiger partial charge in [0.1, 0.15) is 0 Å². The van der Waals surface area contributed by atoms with E-state index in [1.54, 1.807) is 0 Å². The van der Waals surface area contributed by atoms with Crippen molar-refractivity contribution in [1.82, 2.24) is 0 Å². The number of hydrogen-bond acceptors (Lipinski definition) is 2. The van der Waals surface area contributed by atoms with Crippen molar-refractivity contribution in [3.05, 3.63) is 46.8 Å². The summed E-state index contributed by atoms with van der Waals surface area (Å²) in [7, 11) is 0. The first-order chi connectivity index (χ1) is 8.50. The van der Waals surface area contributed by atoms with E-state index < -0.39 is 11.7 Å². The van der Waals surface area contributed by atoms with Crippen molar-refractivity contribution < 1.29 is 13.2 Å². The monoisotopic (exact) mass is 267 g/mol. The Hall–Kier alpha value is -1.80. The van der Waals surface area contributed by atoms with E-state index in [9.17, 15) is 13.2 Å². The second-order valence-corrected chi connectivity index (χ2v) is 4.84. The second kappa shape index (κ2) is 4.83. The lowest BCUT2D eigenvalue weighted by molar-refractivity contribution is -0.137. The van der Waals surface area contributed by atoms with E-state index in [0.29, 0.717) is 6.42 Å². The Morgan fingerprint density at radius 1 is 1.06 bits per heavy atom. The predicted octanol–water partition coefficient (Wildman–Crippen LogP) is 4.50. The molecule has 18 heavy (non-hydrogen) atoms. The summed E-state index contributed by atoms with van der Waals surface area (Å²) in [5, 5.41) is 8.56. The maximum absolute atomic E-state index is 12.4. The number of halogens is 3. The Kier molecular flexibility index (Phi) is 3.39.